The van der Waals surface area contributed by atoms with E-state index in [1.807, 2.05) is 19.9 Å². The second-order valence-corrected chi connectivity index (χ2v) is 11.8. The zero-order valence-electron chi connectivity index (χ0n) is 23.6. The fourth-order valence-electron chi connectivity index (χ4n) is 6.34. The third-order valence-corrected chi connectivity index (χ3v) is 8.68. The summed E-state index contributed by atoms with van der Waals surface area (Å²) in [6.07, 6.45) is -3.35. The molecule has 0 radical (unpaired) electrons. The van der Waals surface area contributed by atoms with Gasteiger partial charge in [0.25, 0.3) is 11.8 Å². The molecule has 9 N–H and O–H groups in total. The number of hydrogen-bond acceptors (Lipinski definition) is 12. The summed E-state index contributed by atoms with van der Waals surface area (Å²) >= 11 is 0. The van der Waals surface area contributed by atoms with E-state index in [2.05, 4.69) is 30.4 Å². The number of aliphatic imine (C=N–C) groups is 2. The Morgan fingerprint density at radius 3 is 2.66 bits per heavy atom. The van der Waals surface area contributed by atoms with Gasteiger partial charge in [0.15, 0.2) is 17.6 Å². The normalized spacial score (nSPS) is 28.0. The van der Waals surface area contributed by atoms with Crippen LogP contribution in [0.4, 0.5) is 13.2 Å². The summed E-state index contributed by atoms with van der Waals surface area (Å²) in [6.45, 7) is 3.97. The molecular formula is C27H31F3N8O6. The highest BCUT2D eigenvalue weighted by atomic mass is 19.4. The summed E-state index contributed by atoms with van der Waals surface area (Å²) < 4.78 is 49.0. The number of halogens is 3. The molecule has 2 aromatic rings. The van der Waals surface area contributed by atoms with E-state index in [0.717, 1.165) is 12.0 Å². The van der Waals surface area contributed by atoms with Gasteiger partial charge in [0.2, 0.25) is 11.5 Å². The maximum absolute atomic E-state index is 13.6. The number of alkyl halides is 3. The predicted molar refractivity (Wildman–Crippen MR) is 147 cm³/mol. The number of ether oxygens (including phenoxy) is 1. The van der Waals surface area contributed by atoms with Crippen molar-refractivity contribution in [1.29, 1.82) is 0 Å². The summed E-state index contributed by atoms with van der Waals surface area (Å²) in [5.41, 5.74) is 10.8. The van der Waals surface area contributed by atoms with Gasteiger partial charge in [-0.3, -0.25) is 9.59 Å². The van der Waals surface area contributed by atoms with Crippen LogP contribution in [0.2, 0.25) is 0 Å². The van der Waals surface area contributed by atoms with Gasteiger partial charge >= 0.3 is 6.18 Å². The van der Waals surface area contributed by atoms with Crippen molar-refractivity contribution in [1.82, 2.24) is 20.9 Å². The van der Waals surface area contributed by atoms with Crippen molar-refractivity contribution in [3.63, 3.8) is 0 Å². The highest BCUT2D eigenvalue weighted by molar-refractivity contribution is 5.98. The summed E-state index contributed by atoms with van der Waals surface area (Å²) in [5, 5.41) is 31.3. The average molecular weight is 621 g/mol. The lowest BCUT2D eigenvalue weighted by Gasteiger charge is -2.49. The van der Waals surface area contributed by atoms with Crippen molar-refractivity contribution in [3.05, 3.63) is 53.0 Å². The first-order valence-corrected chi connectivity index (χ1v) is 13.7. The standard InChI is InChI=1S/C27H31F3N8O6/c1-24(2)6-7-43-18-13(4-3-5-14(18)24)21(40)35-16-10-38-23(32)34-15(19-25(38,26(16,41)42)37-22(31)36-19)9-33-20(39)12-8-17(44-11-12)27(28,29)30/h3-5,8,11,15-16,19,41-42H,6-7,9-10H2,1-2H3,(H2,32,34)(H,33,39)(H,35,40)(H3,31,36,37)/t15-,16?,19?,25?/m0/s1. The largest absolute Gasteiger partial charge is 0.492 e. The van der Waals surface area contributed by atoms with Crippen LogP contribution < -0.4 is 32.2 Å². The van der Waals surface area contributed by atoms with Crippen molar-refractivity contribution in [2.75, 3.05) is 19.7 Å². The Kier molecular flexibility index (Phi) is 6.55. The first kappa shape index (κ1) is 29.6. The van der Waals surface area contributed by atoms with Gasteiger partial charge < -0.3 is 51.7 Å². The minimum atomic E-state index is -4.78. The molecule has 5 heterocycles. The monoisotopic (exact) mass is 620 g/mol. The lowest BCUT2D eigenvalue weighted by atomic mass is 9.79. The van der Waals surface area contributed by atoms with E-state index in [-0.39, 0.29) is 41.6 Å². The fourth-order valence-corrected chi connectivity index (χ4v) is 6.34. The van der Waals surface area contributed by atoms with Gasteiger partial charge in [-0.25, -0.2) is 9.98 Å². The molecule has 14 nitrogen and oxygen atoms in total. The van der Waals surface area contributed by atoms with E-state index < -0.39 is 53.3 Å². The number of benzene rings is 1. The van der Waals surface area contributed by atoms with Crippen LogP contribution in [-0.4, -0.2) is 88.1 Å². The molecule has 0 aliphatic carbocycles. The smallest absolute Gasteiger partial charge is 0.449 e. The topological polar surface area (TPSA) is 213 Å². The number of guanidine groups is 2. The van der Waals surface area contributed by atoms with Gasteiger partial charge in [0.05, 0.1) is 23.8 Å². The molecule has 1 aromatic carbocycles. The summed E-state index contributed by atoms with van der Waals surface area (Å²) in [6, 6.07) is 2.21. The molecule has 0 bridgehead atoms. The highest BCUT2D eigenvalue weighted by Crippen LogP contribution is 2.45. The minimum Gasteiger partial charge on any atom is -0.492 e. The average Bonchev–Trinajstić information content (AvgIpc) is 3.63. The molecule has 1 fully saturated rings. The van der Waals surface area contributed by atoms with Crippen LogP contribution in [0, 0.1) is 0 Å². The number of hydrogen-bond donors (Lipinski definition) is 7. The molecule has 1 aromatic heterocycles. The van der Waals surface area contributed by atoms with Crippen molar-refractivity contribution < 1.29 is 42.1 Å². The van der Waals surface area contributed by atoms with E-state index in [4.69, 9.17) is 16.2 Å². The Morgan fingerprint density at radius 1 is 1.20 bits per heavy atom. The first-order chi connectivity index (χ1) is 20.6. The van der Waals surface area contributed by atoms with Gasteiger partial charge in [0, 0.05) is 24.7 Å². The Labute approximate surface area is 248 Å². The molecule has 4 aliphatic rings. The van der Waals surface area contributed by atoms with E-state index in [0.29, 0.717) is 24.7 Å². The molecule has 1 spiro atoms. The highest BCUT2D eigenvalue weighted by Gasteiger charge is 2.73. The summed E-state index contributed by atoms with van der Waals surface area (Å²) in [4.78, 5) is 36.2. The van der Waals surface area contributed by atoms with Crippen LogP contribution in [-0.2, 0) is 11.6 Å². The van der Waals surface area contributed by atoms with Gasteiger partial charge in [-0.05, 0) is 17.9 Å². The van der Waals surface area contributed by atoms with E-state index >= 15 is 0 Å². The Balaban J connectivity index is 1.24. The number of furan rings is 1. The molecule has 0 saturated carbocycles. The number of nitrogens with one attached hydrogen (secondary N) is 3. The number of amides is 2. The SMILES string of the molecule is CC1(C)CCOc2c(C(=O)NC3CN4C(N)=N[C@@H](CNC(=O)c5coc(C(F)(F)F)c5)C5N=C(N)NC54C3(O)O)cccc21. The van der Waals surface area contributed by atoms with E-state index in [1.165, 1.54) is 4.90 Å². The zero-order valence-corrected chi connectivity index (χ0v) is 23.6. The number of fused-ring (bicyclic) bond motifs is 1. The van der Waals surface area contributed by atoms with Gasteiger partial charge in [-0.2, -0.15) is 13.2 Å². The Hall–Kier alpha value is -4.51. The molecule has 44 heavy (non-hydrogen) atoms. The lowest BCUT2D eigenvalue weighted by molar-refractivity contribution is -0.230. The number of rotatable bonds is 5. The van der Waals surface area contributed by atoms with Crippen molar-refractivity contribution >= 4 is 23.7 Å². The quantitative estimate of drug-likeness (QED) is 0.214. The maximum atomic E-state index is 13.6. The van der Waals surface area contributed by atoms with Gasteiger partial charge in [0.1, 0.15) is 24.1 Å². The number of aliphatic hydroxyl groups is 2. The molecule has 4 aliphatic heterocycles. The number of carbonyl (C=O) groups excluding carboxylic acids is 2. The second kappa shape index (κ2) is 9.75. The van der Waals surface area contributed by atoms with Crippen LogP contribution in [0.3, 0.4) is 0 Å². The van der Waals surface area contributed by atoms with Gasteiger partial charge in [-0.1, -0.05) is 26.0 Å². The number of nitrogens with two attached hydrogens (primary N) is 2. The molecule has 1 saturated heterocycles. The molecular weight excluding hydrogens is 589 g/mol. The van der Waals surface area contributed by atoms with Crippen molar-refractivity contribution in [3.8, 4) is 5.75 Å². The van der Waals surface area contributed by atoms with Crippen LogP contribution in [0.15, 0.2) is 44.9 Å². The third kappa shape index (κ3) is 4.40. The fraction of sp³-hybridized carbons (Fsp3) is 0.481. The number of nitrogens with zero attached hydrogens (tertiary/aromatic N) is 3. The van der Waals surface area contributed by atoms with Crippen LogP contribution in [0.1, 0.15) is 52.3 Å². The predicted octanol–water partition coefficient (Wildman–Crippen LogP) is -0.437. The zero-order chi connectivity index (χ0) is 31.8. The molecule has 3 unspecified atom stereocenters. The lowest BCUT2D eigenvalue weighted by Crippen LogP contribution is -2.78. The summed E-state index contributed by atoms with van der Waals surface area (Å²) in [7, 11) is 0. The number of para-hydroxylation sites is 1. The van der Waals surface area contributed by atoms with Gasteiger partial charge in [-0.15, -0.1) is 0 Å². The first-order valence-electron chi connectivity index (χ1n) is 13.7. The van der Waals surface area contributed by atoms with Crippen LogP contribution in [0.25, 0.3) is 0 Å². The third-order valence-electron chi connectivity index (χ3n) is 8.68. The molecule has 2 amide bonds. The Morgan fingerprint density at radius 2 is 1.95 bits per heavy atom. The minimum absolute atomic E-state index is 0.174. The maximum Gasteiger partial charge on any atom is 0.449 e. The number of carbonyl (C=O) groups is 2. The molecule has 6 rings (SSSR count). The second-order valence-electron chi connectivity index (χ2n) is 11.8. The Bertz CT molecular complexity index is 1590. The van der Waals surface area contributed by atoms with E-state index in [1.54, 1.807) is 12.1 Å². The molecule has 4 atom stereocenters. The van der Waals surface area contributed by atoms with Crippen molar-refractivity contribution in [2.45, 2.75) is 61.4 Å². The van der Waals surface area contributed by atoms with E-state index in [9.17, 15) is 33.0 Å². The van der Waals surface area contributed by atoms with Crippen molar-refractivity contribution in [2.24, 2.45) is 21.5 Å². The van der Waals surface area contributed by atoms with Crippen LogP contribution >= 0.6 is 0 Å². The van der Waals surface area contributed by atoms with Crippen LogP contribution in [0.5, 0.6) is 5.75 Å². The molecule has 236 valence electrons. The molecule has 17 heteroatoms. The summed E-state index contributed by atoms with van der Waals surface area (Å²) in [5.74, 6) is -5.55.